The van der Waals surface area contributed by atoms with E-state index in [9.17, 15) is 18.3 Å². The molecule has 0 bridgehead atoms. The van der Waals surface area contributed by atoms with Crippen LogP contribution in [0.3, 0.4) is 0 Å². The van der Waals surface area contributed by atoms with E-state index in [4.69, 9.17) is 5.11 Å². The molecule has 0 radical (unpaired) electrons. The number of hydrogen-bond donors (Lipinski definition) is 3. The average Bonchev–Trinajstić information content (AvgIpc) is 2.78. The maximum absolute atomic E-state index is 12.2. The molecule has 1 unspecified atom stereocenters. The van der Waals surface area contributed by atoms with Gasteiger partial charge < -0.3 is 10.2 Å². The van der Waals surface area contributed by atoms with Crippen molar-refractivity contribution in [3.8, 4) is 0 Å². The van der Waals surface area contributed by atoms with E-state index in [2.05, 4.69) is 10.2 Å². The van der Waals surface area contributed by atoms with E-state index in [1.165, 1.54) is 0 Å². The molecule has 0 amide bonds. The summed E-state index contributed by atoms with van der Waals surface area (Å²) in [6.07, 6.45) is 1.32. The number of nitrogens with zero attached hydrogens (tertiary/aromatic N) is 2. The predicted octanol–water partition coefficient (Wildman–Crippen LogP) is -0.747. The Hall–Kier alpha value is -1.45. The Morgan fingerprint density at radius 3 is 2.89 bits per heavy atom. The molecule has 0 aromatic carbocycles. The first kappa shape index (κ1) is 13.0. The largest absolute Gasteiger partial charge is 0.478 e. The second-order valence-electron chi connectivity index (χ2n) is 4.08. The fourth-order valence-electron chi connectivity index (χ4n) is 1.89. The van der Waals surface area contributed by atoms with Crippen molar-refractivity contribution < 1.29 is 23.4 Å². The third-order valence-electron chi connectivity index (χ3n) is 2.79. The highest BCUT2D eigenvalue weighted by atomic mass is 32.2. The van der Waals surface area contributed by atoms with Crippen LogP contribution in [-0.4, -0.2) is 58.3 Å². The van der Waals surface area contributed by atoms with Gasteiger partial charge in [0.2, 0.25) is 0 Å². The summed E-state index contributed by atoms with van der Waals surface area (Å²) in [7, 11) is -3.95. The average molecular weight is 275 g/mol. The van der Waals surface area contributed by atoms with E-state index in [-0.39, 0.29) is 13.1 Å². The first-order valence-electron chi connectivity index (χ1n) is 5.38. The summed E-state index contributed by atoms with van der Waals surface area (Å²) in [5.41, 5.74) is -0.393. The van der Waals surface area contributed by atoms with Gasteiger partial charge in [-0.1, -0.05) is 0 Å². The number of rotatable bonds is 3. The molecule has 2 rings (SSSR count). The molecule has 0 saturated carbocycles. The molecule has 1 aromatic rings. The molecule has 9 heteroatoms. The Bertz CT molecular complexity index is 552. The Morgan fingerprint density at radius 1 is 1.56 bits per heavy atom. The number of carbonyl (C=O) groups is 1. The number of sulfonamides is 1. The van der Waals surface area contributed by atoms with Gasteiger partial charge in [0.25, 0.3) is 10.0 Å². The third-order valence-corrected chi connectivity index (χ3v) is 4.63. The van der Waals surface area contributed by atoms with Gasteiger partial charge >= 0.3 is 5.97 Å². The van der Waals surface area contributed by atoms with Crippen LogP contribution in [0.15, 0.2) is 11.2 Å². The van der Waals surface area contributed by atoms with Gasteiger partial charge in [-0.05, 0) is 12.8 Å². The lowest BCUT2D eigenvalue weighted by molar-refractivity contribution is 0.0692. The van der Waals surface area contributed by atoms with Crippen molar-refractivity contribution in [1.82, 2.24) is 14.5 Å². The zero-order valence-corrected chi connectivity index (χ0v) is 10.2. The van der Waals surface area contributed by atoms with Gasteiger partial charge in [-0.2, -0.15) is 9.40 Å². The molecule has 0 aliphatic carbocycles. The minimum atomic E-state index is -3.95. The second kappa shape index (κ2) is 4.67. The van der Waals surface area contributed by atoms with Crippen LogP contribution in [0.5, 0.6) is 0 Å². The topological polar surface area (TPSA) is 124 Å². The van der Waals surface area contributed by atoms with Crippen LogP contribution in [0.1, 0.15) is 23.2 Å². The van der Waals surface area contributed by atoms with Crippen LogP contribution in [0, 0.1) is 0 Å². The quantitative estimate of drug-likeness (QED) is 0.667. The summed E-state index contributed by atoms with van der Waals surface area (Å²) in [4.78, 5) is 10.9. The monoisotopic (exact) mass is 275 g/mol. The molecule has 1 aliphatic rings. The van der Waals surface area contributed by atoms with Crippen molar-refractivity contribution in [2.24, 2.45) is 0 Å². The first-order valence-corrected chi connectivity index (χ1v) is 6.82. The number of aliphatic hydroxyl groups excluding tert-OH is 1. The van der Waals surface area contributed by atoms with E-state index in [0.29, 0.717) is 12.8 Å². The minimum absolute atomic E-state index is 0.0274. The molecular weight excluding hydrogens is 262 g/mol. The van der Waals surface area contributed by atoms with Crippen LogP contribution in [0.25, 0.3) is 0 Å². The molecule has 1 atom stereocenters. The number of carboxylic acid groups (broad SMARTS) is 1. The Morgan fingerprint density at radius 2 is 2.28 bits per heavy atom. The van der Waals surface area contributed by atoms with Gasteiger partial charge in [0.15, 0.2) is 5.03 Å². The van der Waals surface area contributed by atoms with Crippen LogP contribution < -0.4 is 0 Å². The zero-order chi connectivity index (χ0) is 13.3. The van der Waals surface area contributed by atoms with Gasteiger partial charge in [0.05, 0.1) is 12.3 Å². The first-order chi connectivity index (χ1) is 8.43. The van der Waals surface area contributed by atoms with Crippen LogP contribution in [-0.2, 0) is 10.0 Å². The lowest BCUT2D eigenvalue weighted by atomic mass is 10.1. The lowest BCUT2D eigenvalue weighted by Crippen LogP contribution is -2.42. The number of piperidine rings is 1. The number of aromatic nitrogens is 2. The van der Waals surface area contributed by atoms with E-state index in [1.54, 1.807) is 0 Å². The molecule has 18 heavy (non-hydrogen) atoms. The molecule has 3 N–H and O–H groups in total. The zero-order valence-electron chi connectivity index (χ0n) is 9.40. The Balaban J connectivity index is 2.36. The van der Waals surface area contributed by atoms with Crippen molar-refractivity contribution in [1.29, 1.82) is 0 Å². The molecule has 0 spiro atoms. The summed E-state index contributed by atoms with van der Waals surface area (Å²) >= 11 is 0. The summed E-state index contributed by atoms with van der Waals surface area (Å²) in [6.45, 7) is 0.234. The van der Waals surface area contributed by atoms with Crippen molar-refractivity contribution in [3.05, 3.63) is 11.8 Å². The number of aliphatic hydroxyl groups is 1. The predicted molar refractivity (Wildman–Crippen MR) is 59.5 cm³/mol. The van der Waals surface area contributed by atoms with E-state index in [1.807, 2.05) is 0 Å². The number of aromatic amines is 1. The van der Waals surface area contributed by atoms with Gasteiger partial charge in [0, 0.05) is 13.1 Å². The van der Waals surface area contributed by atoms with Gasteiger partial charge in [0.1, 0.15) is 5.56 Å². The number of H-pyrrole nitrogens is 1. The van der Waals surface area contributed by atoms with Crippen LogP contribution in [0.4, 0.5) is 0 Å². The van der Waals surface area contributed by atoms with Crippen LogP contribution >= 0.6 is 0 Å². The van der Waals surface area contributed by atoms with E-state index < -0.39 is 32.7 Å². The standard InChI is InChI=1S/C9H13N3O5S/c13-6-2-1-3-12(5-6)18(16,17)8-7(9(14)15)4-10-11-8/h4,6,13H,1-3,5H2,(H,10,11)(H,14,15). The fraction of sp³-hybridized carbons (Fsp3) is 0.556. The maximum Gasteiger partial charge on any atom is 0.340 e. The summed E-state index contributed by atoms with van der Waals surface area (Å²) in [5.74, 6) is -1.36. The maximum atomic E-state index is 12.2. The SMILES string of the molecule is O=C(O)c1cn[nH]c1S(=O)(=O)N1CCCC(O)C1. The normalized spacial score (nSPS) is 21.9. The number of nitrogens with one attached hydrogen (secondary N) is 1. The second-order valence-corrected chi connectivity index (χ2v) is 5.95. The Labute approximate surface area is 103 Å². The number of hydrogen-bond acceptors (Lipinski definition) is 5. The highest BCUT2D eigenvalue weighted by Gasteiger charge is 2.33. The van der Waals surface area contributed by atoms with Crippen molar-refractivity contribution in [3.63, 3.8) is 0 Å². The summed E-state index contributed by atoms with van der Waals surface area (Å²) < 4.78 is 25.5. The minimum Gasteiger partial charge on any atom is -0.478 e. The van der Waals surface area contributed by atoms with Gasteiger partial charge in [-0.25, -0.2) is 13.2 Å². The number of carboxylic acids is 1. The summed E-state index contributed by atoms with van der Waals surface area (Å²) in [5, 5.41) is 23.6. The van der Waals surface area contributed by atoms with E-state index >= 15 is 0 Å². The van der Waals surface area contributed by atoms with Crippen molar-refractivity contribution in [2.75, 3.05) is 13.1 Å². The van der Waals surface area contributed by atoms with Crippen molar-refractivity contribution in [2.45, 2.75) is 24.0 Å². The molecule has 1 fully saturated rings. The Kier molecular flexibility index (Phi) is 3.37. The highest BCUT2D eigenvalue weighted by molar-refractivity contribution is 7.89. The smallest absolute Gasteiger partial charge is 0.340 e. The summed E-state index contributed by atoms with van der Waals surface area (Å²) in [6, 6.07) is 0. The molecule has 100 valence electrons. The molecule has 8 nitrogen and oxygen atoms in total. The van der Waals surface area contributed by atoms with Gasteiger partial charge in [-0.15, -0.1) is 0 Å². The van der Waals surface area contributed by atoms with Crippen LogP contribution in [0.2, 0.25) is 0 Å². The number of β-amino-alcohol motifs (C(OH)–C–C–N with tert-alkyl or cyclic N) is 1. The van der Waals surface area contributed by atoms with Gasteiger partial charge in [-0.3, -0.25) is 5.10 Å². The van der Waals surface area contributed by atoms with Crippen molar-refractivity contribution >= 4 is 16.0 Å². The number of aromatic carboxylic acids is 1. The van der Waals surface area contributed by atoms with E-state index in [0.717, 1.165) is 10.5 Å². The fourth-order valence-corrected chi connectivity index (χ4v) is 3.47. The molecule has 1 aliphatic heterocycles. The third kappa shape index (κ3) is 2.24. The molecule has 2 heterocycles. The highest BCUT2D eigenvalue weighted by Crippen LogP contribution is 2.21. The molecule has 1 saturated heterocycles. The molecular formula is C9H13N3O5S. The molecule has 1 aromatic heterocycles. The lowest BCUT2D eigenvalue weighted by Gasteiger charge is -2.28.